The van der Waals surface area contributed by atoms with Crippen LogP contribution >= 0.6 is 11.8 Å². The van der Waals surface area contributed by atoms with E-state index in [1.807, 2.05) is 49.4 Å². The largest absolute Gasteiger partial charge is 0.455 e. The van der Waals surface area contributed by atoms with Crippen molar-refractivity contribution in [3.05, 3.63) is 71.1 Å². The Hall–Kier alpha value is -2.60. The van der Waals surface area contributed by atoms with E-state index in [0.717, 1.165) is 28.9 Å². The molecule has 1 atom stereocenters. The van der Waals surface area contributed by atoms with E-state index in [2.05, 4.69) is 16.3 Å². The number of fused-ring (bicyclic) bond motifs is 1. The second-order valence-corrected chi connectivity index (χ2v) is 7.39. The summed E-state index contributed by atoms with van der Waals surface area (Å²) in [5, 5.41) is 7.71. The molecule has 0 fully saturated rings. The van der Waals surface area contributed by atoms with Crippen LogP contribution in [0, 0.1) is 6.92 Å². The number of benzene rings is 2. The monoisotopic (exact) mass is 366 g/mol. The van der Waals surface area contributed by atoms with Gasteiger partial charge in [-0.3, -0.25) is 4.79 Å². The van der Waals surface area contributed by atoms with E-state index in [4.69, 9.17) is 9.15 Å². The van der Waals surface area contributed by atoms with Gasteiger partial charge in [0.15, 0.2) is 6.61 Å². The summed E-state index contributed by atoms with van der Waals surface area (Å²) in [6.45, 7) is 2.00. The Kier molecular flexibility index (Phi) is 4.75. The van der Waals surface area contributed by atoms with Gasteiger partial charge in [0.05, 0.1) is 0 Å². The van der Waals surface area contributed by atoms with Gasteiger partial charge in [0.1, 0.15) is 5.25 Å². The van der Waals surface area contributed by atoms with Gasteiger partial charge < -0.3 is 9.15 Å². The minimum Gasteiger partial charge on any atom is -0.455 e. The van der Waals surface area contributed by atoms with Crippen LogP contribution < -0.4 is 0 Å². The van der Waals surface area contributed by atoms with Gasteiger partial charge in [-0.05, 0) is 42.4 Å². The van der Waals surface area contributed by atoms with Gasteiger partial charge in [0.2, 0.25) is 5.89 Å². The van der Waals surface area contributed by atoms with E-state index in [1.165, 1.54) is 5.56 Å². The van der Waals surface area contributed by atoms with Crippen LogP contribution in [0.15, 0.2) is 52.9 Å². The minimum atomic E-state index is -0.292. The average Bonchev–Trinajstić information content (AvgIpc) is 3.15. The fraction of sp³-hybridized carbons (Fsp3) is 0.250. The third-order valence-electron chi connectivity index (χ3n) is 4.31. The molecule has 0 N–H and O–H groups in total. The van der Waals surface area contributed by atoms with E-state index in [0.29, 0.717) is 11.8 Å². The normalized spacial score (nSPS) is 16.1. The number of hydrogen-bond acceptors (Lipinski definition) is 6. The average molecular weight is 366 g/mol. The maximum Gasteiger partial charge on any atom is 0.324 e. The number of carbonyl (C=O) groups excluding carboxylic acids is 1. The van der Waals surface area contributed by atoms with Gasteiger partial charge in [-0.15, -0.1) is 22.0 Å². The fourth-order valence-corrected chi connectivity index (χ4v) is 4.11. The zero-order valence-electron chi connectivity index (χ0n) is 14.3. The molecule has 0 bridgehead atoms. The zero-order chi connectivity index (χ0) is 17.9. The first-order valence-electron chi connectivity index (χ1n) is 8.46. The van der Waals surface area contributed by atoms with Gasteiger partial charge in [0, 0.05) is 5.56 Å². The van der Waals surface area contributed by atoms with Crippen molar-refractivity contribution < 1.29 is 13.9 Å². The molecule has 3 aromatic rings. The highest BCUT2D eigenvalue weighted by Gasteiger charge is 2.28. The first kappa shape index (κ1) is 16.8. The summed E-state index contributed by atoms with van der Waals surface area (Å²) in [5.74, 6) is 1.36. The lowest BCUT2D eigenvalue weighted by Crippen LogP contribution is -2.19. The van der Waals surface area contributed by atoms with Gasteiger partial charge >= 0.3 is 5.97 Å². The molecule has 0 aliphatic carbocycles. The summed E-state index contributed by atoms with van der Waals surface area (Å²) in [4.78, 5) is 12.5. The molecule has 0 radical (unpaired) electrons. The number of carbonyl (C=O) groups is 1. The fourth-order valence-electron chi connectivity index (χ4n) is 2.92. The lowest BCUT2D eigenvalue weighted by Gasteiger charge is -2.23. The molecule has 4 rings (SSSR count). The van der Waals surface area contributed by atoms with E-state index < -0.39 is 0 Å². The number of aryl methyl sites for hydroxylation is 2. The zero-order valence-corrected chi connectivity index (χ0v) is 15.2. The molecule has 0 spiro atoms. The molecule has 0 saturated carbocycles. The highest BCUT2D eigenvalue weighted by Crippen LogP contribution is 2.37. The molecule has 0 amide bonds. The van der Waals surface area contributed by atoms with Crippen LogP contribution in [-0.2, 0) is 22.6 Å². The van der Waals surface area contributed by atoms with Crippen molar-refractivity contribution in [1.82, 2.24) is 10.2 Å². The maximum absolute atomic E-state index is 12.5. The summed E-state index contributed by atoms with van der Waals surface area (Å²) in [5.41, 5.74) is 4.26. The first-order chi connectivity index (χ1) is 12.7. The summed E-state index contributed by atoms with van der Waals surface area (Å²) in [6.07, 6.45) is 0.980. The highest BCUT2D eigenvalue weighted by atomic mass is 32.2. The molecule has 6 heteroatoms. The second-order valence-electron chi connectivity index (χ2n) is 6.17. The predicted octanol–water partition coefficient (Wildman–Crippen LogP) is 4.12. The molecule has 2 heterocycles. The Morgan fingerprint density at radius 3 is 2.85 bits per heavy atom. The molecular weight excluding hydrogens is 348 g/mol. The van der Waals surface area contributed by atoms with Crippen molar-refractivity contribution >= 4 is 17.7 Å². The topological polar surface area (TPSA) is 65.2 Å². The van der Waals surface area contributed by atoms with Gasteiger partial charge in [0.25, 0.3) is 5.89 Å². The van der Waals surface area contributed by atoms with Gasteiger partial charge in [-0.2, -0.15) is 0 Å². The number of esters is 1. The molecule has 2 aromatic carbocycles. The Balaban J connectivity index is 1.42. The predicted molar refractivity (Wildman–Crippen MR) is 99.6 cm³/mol. The number of hydrogen-bond donors (Lipinski definition) is 0. The molecule has 1 aliphatic rings. The van der Waals surface area contributed by atoms with Crippen LogP contribution in [0.4, 0.5) is 0 Å². The molecular formula is C20H18N2O3S. The van der Waals surface area contributed by atoms with Crippen LogP contribution in [0.1, 0.15) is 27.8 Å². The number of ether oxygens (including phenoxy) is 1. The van der Waals surface area contributed by atoms with Gasteiger partial charge in [-0.1, -0.05) is 42.0 Å². The Morgan fingerprint density at radius 1 is 1.19 bits per heavy atom. The molecule has 0 saturated heterocycles. The third kappa shape index (κ3) is 3.51. The van der Waals surface area contributed by atoms with Crippen molar-refractivity contribution in [2.45, 2.75) is 25.2 Å². The van der Waals surface area contributed by atoms with Crippen molar-refractivity contribution in [3.63, 3.8) is 0 Å². The van der Waals surface area contributed by atoms with Crippen LogP contribution in [0.5, 0.6) is 0 Å². The smallest absolute Gasteiger partial charge is 0.324 e. The van der Waals surface area contributed by atoms with E-state index in [-0.39, 0.29) is 17.8 Å². The van der Waals surface area contributed by atoms with E-state index in [1.54, 1.807) is 11.8 Å². The lowest BCUT2D eigenvalue weighted by atomic mass is 10.0. The van der Waals surface area contributed by atoms with Crippen molar-refractivity contribution in [2.24, 2.45) is 0 Å². The first-order valence-corrected chi connectivity index (χ1v) is 9.51. The molecule has 26 heavy (non-hydrogen) atoms. The molecule has 132 valence electrons. The quantitative estimate of drug-likeness (QED) is 0.647. The number of nitrogens with zero attached hydrogens (tertiary/aromatic N) is 2. The summed E-state index contributed by atoms with van der Waals surface area (Å²) in [6, 6.07) is 15.8. The standard InChI is InChI=1S/C20H18N2O3S/c1-13-6-8-15(9-7-13)19-22-21-17(25-19)12-24-20(23)18-16-5-3-2-4-14(16)10-11-26-18/h2-9,18H,10-12H2,1H3. The molecule has 1 aromatic heterocycles. The minimum absolute atomic E-state index is 0.0169. The molecule has 5 nitrogen and oxygen atoms in total. The Bertz CT molecular complexity index is 921. The molecule has 1 unspecified atom stereocenters. The summed E-state index contributed by atoms with van der Waals surface area (Å²) in [7, 11) is 0. The second kappa shape index (κ2) is 7.33. The number of thioether (sulfide) groups is 1. The maximum atomic E-state index is 12.5. The van der Waals surface area contributed by atoms with Crippen LogP contribution in [-0.4, -0.2) is 21.9 Å². The summed E-state index contributed by atoms with van der Waals surface area (Å²) < 4.78 is 11.0. The van der Waals surface area contributed by atoms with Crippen LogP contribution in [0.3, 0.4) is 0 Å². The van der Waals surface area contributed by atoms with Crippen LogP contribution in [0.2, 0.25) is 0 Å². The number of rotatable bonds is 4. The lowest BCUT2D eigenvalue weighted by molar-refractivity contribution is -0.145. The van der Waals surface area contributed by atoms with Crippen molar-refractivity contribution in [3.8, 4) is 11.5 Å². The van der Waals surface area contributed by atoms with E-state index in [9.17, 15) is 4.79 Å². The summed E-state index contributed by atoms with van der Waals surface area (Å²) >= 11 is 1.61. The van der Waals surface area contributed by atoms with Gasteiger partial charge in [-0.25, -0.2) is 0 Å². The Morgan fingerprint density at radius 2 is 2.00 bits per heavy atom. The Labute approximate surface area is 155 Å². The van der Waals surface area contributed by atoms with Crippen LogP contribution in [0.25, 0.3) is 11.5 Å². The van der Waals surface area contributed by atoms with E-state index >= 15 is 0 Å². The highest BCUT2D eigenvalue weighted by molar-refractivity contribution is 8.00. The SMILES string of the molecule is Cc1ccc(-c2nnc(COC(=O)C3SCCc4ccccc43)o2)cc1. The van der Waals surface area contributed by atoms with Crippen molar-refractivity contribution in [2.75, 3.05) is 5.75 Å². The number of aromatic nitrogens is 2. The third-order valence-corrected chi connectivity index (χ3v) is 5.53. The molecule has 1 aliphatic heterocycles. The van der Waals surface area contributed by atoms with Crippen molar-refractivity contribution in [1.29, 1.82) is 0 Å².